The third kappa shape index (κ3) is 5.26. The van der Waals surface area contributed by atoms with E-state index in [-0.39, 0.29) is 18.8 Å². The summed E-state index contributed by atoms with van der Waals surface area (Å²) in [6, 6.07) is 9.60. The number of nitrogens with zero attached hydrogens (tertiary/aromatic N) is 2. The van der Waals surface area contributed by atoms with Gasteiger partial charge in [-0.15, -0.1) is 0 Å². The quantitative estimate of drug-likeness (QED) is 0.746. The minimum atomic E-state index is -3.29. The summed E-state index contributed by atoms with van der Waals surface area (Å²) in [5.41, 5.74) is 0.966. The Morgan fingerprint density at radius 2 is 2.04 bits per heavy atom. The molecule has 1 N–H and O–H groups in total. The van der Waals surface area contributed by atoms with Crippen molar-refractivity contribution < 1.29 is 18.3 Å². The van der Waals surface area contributed by atoms with Crippen LogP contribution >= 0.6 is 0 Å². The molecule has 2 atom stereocenters. The monoisotopic (exact) mass is 342 g/mol. The first-order valence-corrected chi connectivity index (χ1v) is 9.65. The normalized spacial score (nSPS) is 22.8. The van der Waals surface area contributed by atoms with Crippen LogP contribution in [0, 0.1) is 0 Å². The first kappa shape index (κ1) is 18.4. The van der Waals surface area contributed by atoms with E-state index in [0.29, 0.717) is 19.6 Å². The molecule has 1 heterocycles. The Morgan fingerprint density at radius 1 is 1.35 bits per heavy atom. The highest BCUT2D eigenvalue weighted by Gasteiger charge is 2.32. The molecule has 130 valence electrons. The van der Waals surface area contributed by atoms with Gasteiger partial charge in [-0.3, -0.25) is 4.90 Å². The Hall–Kier alpha value is -0.990. The average molecular weight is 342 g/mol. The summed E-state index contributed by atoms with van der Waals surface area (Å²) in [5, 5.41) is 9.48. The van der Waals surface area contributed by atoms with Crippen LogP contribution in [0.15, 0.2) is 30.3 Å². The molecule has 0 bridgehead atoms. The molecule has 0 amide bonds. The highest BCUT2D eigenvalue weighted by molar-refractivity contribution is 7.88. The molecule has 0 spiro atoms. The summed E-state index contributed by atoms with van der Waals surface area (Å²) in [5.74, 6) is 0. The number of aliphatic hydroxyl groups is 1. The summed E-state index contributed by atoms with van der Waals surface area (Å²) < 4.78 is 30.9. The molecule has 2 rings (SSSR count). The van der Waals surface area contributed by atoms with Gasteiger partial charge in [-0.1, -0.05) is 30.3 Å². The Bertz CT molecular complexity index is 579. The Kier molecular flexibility index (Phi) is 6.55. The summed E-state index contributed by atoms with van der Waals surface area (Å²) in [6.45, 7) is 2.15. The molecule has 0 radical (unpaired) electrons. The Balaban J connectivity index is 1.99. The largest absolute Gasteiger partial charge is 0.395 e. The van der Waals surface area contributed by atoms with Crippen LogP contribution in [-0.2, 0) is 21.3 Å². The molecular formula is C16H26N2O4S. The number of aliphatic hydroxyl groups excluding tert-OH is 1. The first-order chi connectivity index (χ1) is 10.9. The zero-order chi connectivity index (χ0) is 16.9. The minimum absolute atomic E-state index is 0.0399. The zero-order valence-electron chi connectivity index (χ0n) is 13.8. The fourth-order valence-electron chi connectivity index (χ4n) is 2.96. The second kappa shape index (κ2) is 8.21. The van der Waals surface area contributed by atoms with Crippen LogP contribution in [0.5, 0.6) is 0 Å². The predicted octanol–water partition coefficient (Wildman–Crippen LogP) is 0.530. The topological polar surface area (TPSA) is 70.1 Å². The number of likely N-dealkylation sites (tertiary alicyclic amines) is 1. The van der Waals surface area contributed by atoms with Crippen molar-refractivity contribution in [2.24, 2.45) is 0 Å². The summed E-state index contributed by atoms with van der Waals surface area (Å²) >= 11 is 0. The van der Waals surface area contributed by atoms with Crippen molar-refractivity contribution in [3.8, 4) is 0 Å². The van der Waals surface area contributed by atoms with E-state index in [9.17, 15) is 13.5 Å². The van der Waals surface area contributed by atoms with E-state index in [2.05, 4.69) is 4.90 Å². The molecule has 0 unspecified atom stereocenters. The molecule has 1 saturated heterocycles. The zero-order valence-corrected chi connectivity index (χ0v) is 14.6. The summed E-state index contributed by atoms with van der Waals surface area (Å²) in [7, 11) is -1.62. The number of sulfonamides is 1. The molecule has 1 aliphatic heterocycles. The van der Waals surface area contributed by atoms with E-state index >= 15 is 0 Å². The number of rotatable bonds is 8. The van der Waals surface area contributed by atoms with Crippen molar-refractivity contribution in [3.05, 3.63) is 35.9 Å². The van der Waals surface area contributed by atoms with E-state index in [1.807, 2.05) is 30.3 Å². The lowest BCUT2D eigenvalue weighted by Crippen LogP contribution is -2.41. The van der Waals surface area contributed by atoms with Crippen molar-refractivity contribution in [1.82, 2.24) is 9.21 Å². The van der Waals surface area contributed by atoms with Gasteiger partial charge < -0.3 is 9.84 Å². The maximum Gasteiger partial charge on any atom is 0.211 e. The second-order valence-corrected chi connectivity index (χ2v) is 7.99. The summed E-state index contributed by atoms with van der Waals surface area (Å²) in [6.07, 6.45) is 2.12. The van der Waals surface area contributed by atoms with Gasteiger partial charge in [0, 0.05) is 39.3 Å². The van der Waals surface area contributed by atoms with Gasteiger partial charge in [0.15, 0.2) is 0 Å². The predicted molar refractivity (Wildman–Crippen MR) is 89.6 cm³/mol. The Labute approximate surface area is 138 Å². The van der Waals surface area contributed by atoms with E-state index in [4.69, 9.17) is 4.74 Å². The molecule has 1 aromatic rings. The molecule has 1 aliphatic rings. The molecule has 0 saturated carbocycles. The van der Waals surface area contributed by atoms with Crippen LogP contribution in [0.1, 0.15) is 12.0 Å². The lowest BCUT2D eigenvalue weighted by molar-refractivity contribution is 0.107. The van der Waals surface area contributed by atoms with Crippen LogP contribution < -0.4 is 0 Å². The fraction of sp³-hybridized carbons (Fsp3) is 0.625. The standard InChI is InChI=1S/C16H26N2O4S/c1-22-16-10-15(13-19)17(12-16)8-9-18(23(2,20)21)11-14-6-4-3-5-7-14/h3-7,15-16,19H,8-13H2,1-2H3/t15-,16+/m0/s1. The van der Waals surface area contributed by atoms with Crippen LogP contribution in [0.3, 0.4) is 0 Å². The van der Waals surface area contributed by atoms with Gasteiger partial charge in [-0.25, -0.2) is 8.42 Å². The van der Waals surface area contributed by atoms with Gasteiger partial charge in [0.2, 0.25) is 10.0 Å². The minimum Gasteiger partial charge on any atom is -0.395 e. The van der Waals surface area contributed by atoms with E-state index in [1.54, 1.807) is 7.11 Å². The molecule has 1 aromatic carbocycles. The second-order valence-electron chi connectivity index (χ2n) is 6.01. The van der Waals surface area contributed by atoms with Crippen LogP contribution in [0.4, 0.5) is 0 Å². The van der Waals surface area contributed by atoms with Gasteiger partial charge in [-0.2, -0.15) is 4.31 Å². The van der Waals surface area contributed by atoms with Crippen molar-refractivity contribution in [2.45, 2.75) is 25.1 Å². The number of methoxy groups -OCH3 is 1. The number of benzene rings is 1. The van der Waals surface area contributed by atoms with Crippen LogP contribution in [0.25, 0.3) is 0 Å². The third-order valence-corrected chi connectivity index (χ3v) is 5.59. The maximum absolute atomic E-state index is 12.0. The lowest BCUT2D eigenvalue weighted by atomic mass is 10.2. The highest BCUT2D eigenvalue weighted by atomic mass is 32.2. The average Bonchev–Trinajstić information content (AvgIpc) is 2.93. The number of ether oxygens (including phenoxy) is 1. The smallest absolute Gasteiger partial charge is 0.211 e. The highest BCUT2D eigenvalue weighted by Crippen LogP contribution is 2.20. The summed E-state index contributed by atoms with van der Waals surface area (Å²) in [4.78, 5) is 2.11. The van der Waals surface area contributed by atoms with Crippen LogP contribution in [0.2, 0.25) is 0 Å². The van der Waals surface area contributed by atoms with E-state index < -0.39 is 10.0 Å². The molecule has 7 heteroatoms. The van der Waals surface area contributed by atoms with Crippen molar-refractivity contribution in [3.63, 3.8) is 0 Å². The van der Waals surface area contributed by atoms with Gasteiger partial charge in [0.05, 0.1) is 19.0 Å². The maximum atomic E-state index is 12.0. The lowest BCUT2D eigenvalue weighted by Gasteiger charge is -2.26. The third-order valence-electron chi connectivity index (χ3n) is 4.34. The molecule has 23 heavy (non-hydrogen) atoms. The Morgan fingerprint density at radius 3 is 2.61 bits per heavy atom. The van der Waals surface area contributed by atoms with Crippen molar-refractivity contribution in [1.29, 1.82) is 0 Å². The number of hydrogen-bond donors (Lipinski definition) is 1. The van der Waals surface area contributed by atoms with E-state index in [1.165, 1.54) is 10.6 Å². The van der Waals surface area contributed by atoms with E-state index in [0.717, 1.165) is 18.5 Å². The molecular weight excluding hydrogens is 316 g/mol. The molecule has 1 fully saturated rings. The van der Waals surface area contributed by atoms with Crippen LogP contribution in [-0.4, -0.2) is 74.5 Å². The van der Waals surface area contributed by atoms with Crippen molar-refractivity contribution in [2.75, 3.05) is 39.6 Å². The fourth-order valence-corrected chi connectivity index (χ4v) is 3.76. The molecule has 0 aromatic heterocycles. The van der Waals surface area contributed by atoms with Gasteiger partial charge in [0.1, 0.15) is 0 Å². The number of hydrogen-bond acceptors (Lipinski definition) is 5. The molecule has 0 aliphatic carbocycles. The van der Waals surface area contributed by atoms with Gasteiger partial charge in [-0.05, 0) is 12.0 Å². The SMILES string of the molecule is CO[C@@H]1C[C@@H](CO)N(CCN(Cc2ccccc2)S(C)(=O)=O)C1. The van der Waals surface area contributed by atoms with Crippen molar-refractivity contribution >= 4 is 10.0 Å². The van der Waals surface area contributed by atoms with Gasteiger partial charge in [0.25, 0.3) is 0 Å². The van der Waals surface area contributed by atoms with Gasteiger partial charge >= 0.3 is 0 Å². The first-order valence-electron chi connectivity index (χ1n) is 7.80. The molecule has 6 nitrogen and oxygen atoms in total.